The number of hydrogen-bond acceptors (Lipinski definition) is 4. The molecule has 1 amide bonds. The first kappa shape index (κ1) is 12.0. The van der Waals surface area contributed by atoms with Gasteiger partial charge in [-0.15, -0.1) is 0 Å². The Morgan fingerprint density at radius 1 is 1.53 bits per heavy atom. The molecule has 1 atom stereocenters. The zero-order valence-corrected chi connectivity index (χ0v) is 8.85. The summed E-state index contributed by atoms with van der Waals surface area (Å²) in [4.78, 5) is 13.1. The van der Waals surface area contributed by atoms with Crippen molar-refractivity contribution in [3.05, 3.63) is 0 Å². The van der Waals surface area contributed by atoms with Crippen LogP contribution in [0.3, 0.4) is 0 Å². The van der Waals surface area contributed by atoms with E-state index in [0.717, 1.165) is 32.5 Å². The molecule has 1 aliphatic heterocycles. The lowest BCUT2D eigenvalue weighted by atomic mass is 9.96. The zero-order valence-electron chi connectivity index (χ0n) is 8.85. The molecule has 0 spiro atoms. The summed E-state index contributed by atoms with van der Waals surface area (Å²) in [5.74, 6) is -0.158. The summed E-state index contributed by atoms with van der Waals surface area (Å²) < 4.78 is 0. The van der Waals surface area contributed by atoms with Crippen LogP contribution in [0.2, 0.25) is 0 Å². The fraction of sp³-hybridized carbons (Fsp3) is 0.800. The summed E-state index contributed by atoms with van der Waals surface area (Å²) in [6, 6.07) is 1.63. The van der Waals surface area contributed by atoms with Crippen LogP contribution in [0, 0.1) is 17.2 Å². The second-order valence-corrected chi connectivity index (χ2v) is 4.04. The first-order chi connectivity index (χ1) is 7.13. The van der Waals surface area contributed by atoms with Crippen molar-refractivity contribution in [2.75, 3.05) is 19.6 Å². The summed E-state index contributed by atoms with van der Waals surface area (Å²) >= 11 is 0. The van der Waals surface area contributed by atoms with Gasteiger partial charge in [0.15, 0.2) is 0 Å². The molecule has 0 aromatic carbocycles. The van der Waals surface area contributed by atoms with Crippen LogP contribution < -0.4 is 11.5 Å². The predicted molar refractivity (Wildman–Crippen MR) is 56.6 cm³/mol. The lowest BCUT2D eigenvalue weighted by Crippen LogP contribution is -2.40. The molecule has 0 saturated carbocycles. The van der Waals surface area contributed by atoms with Gasteiger partial charge in [0, 0.05) is 12.5 Å². The van der Waals surface area contributed by atoms with Crippen molar-refractivity contribution in [1.82, 2.24) is 4.90 Å². The average Bonchev–Trinajstić information content (AvgIpc) is 2.26. The van der Waals surface area contributed by atoms with Crippen LogP contribution >= 0.6 is 0 Å². The molecule has 1 rings (SSSR count). The van der Waals surface area contributed by atoms with Gasteiger partial charge in [0.25, 0.3) is 0 Å². The second kappa shape index (κ2) is 5.69. The summed E-state index contributed by atoms with van der Waals surface area (Å²) in [7, 11) is 0. The minimum Gasteiger partial charge on any atom is -0.369 e. The molecule has 1 fully saturated rings. The van der Waals surface area contributed by atoms with Gasteiger partial charge in [0.2, 0.25) is 5.91 Å². The van der Waals surface area contributed by atoms with E-state index in [2.05, 4.69) is 4.90 Å². The standard InChI is InChI=1S/C10H18N4O/c11-7-9(12)3-6-14-4-1-8(2-5-14)10(13)15/h8-9H,1-6,12H2,(H2,13,15). The van der Waals surface area contributed by atoms with Gasteiger partial charge in [-0.1, -0.05) is 0 Å². The van der Waals surface area contributed by atoms with E-state index in [9.17, 15) is 4.79 Å². The van der Waals surface area contributed by atoms with Gasteiger partial charge in [0.05, 0.1) is 12.1 Å². The van der Waals surface area contributed by atoms with Crippen LogP contribution in [0.5, 0.6) is 0 Å². The molecule has 0 aliphatic carbocycles. The molecule has 1 unspecified atom stereocenters. The van der Waals surface area contributed by atoms with E-state index in [1.165, 1.54) is 0 Å². The highest BCUT2D eigenvalue weighted by Gasteiger charge is 2.22. The van der Waals surface area contributed by atoms with E-state index in [0.29, 0.717) is 6.42 Å². The topological polar surface area (TPSA) is 96.1 Å². The van der Waals surface area contributed by atoms with Crippen molar-refractivity contribution in [3.63, 3.8) is 0 Å². The van der Waals surface area contributed by atoms with Crippen LogP contribution in [-0.2, 0) is 4.79 Å². The van der Waals surface area contributed by atoms with Crippen molar-refractivity contribution in [2.24, 2.45) is 17.4 Å². The molecule has 15 heavy (non-hydrogen) atoms. The number of likely N-dealkylation sites (tertiary alicyclic amines) is 1. The quantitative estimate of drug-likeness (QED) is 0.649. The summed E-state index contributed by atoms with van der Waals surface area (Å²) in [6.07, 6.45) is 2.35. The zero-order chi connectivity index (χ0) is 11.3. The number of nitrogens with zero attached hydrogens (tertiary/aromatic N) is 2. The number of nitrogens with two attached hydrogens (primary N) is 2. The van der Waals surface area contributed by atoms with Gasteiger partial charge in [-0.25, -0.2) is 0 Å². The molecule has 5 heteroatoms. The van der Waals surface area contributed by atoms with Gasteiger partial charge in [-0.2, -0.15) is 5.26 Å². The molecule has 1 saturated heterocycles. The minimum atomic E-state index is -0.376. The molecule has 0 radical (unpaired) electrons. The molecule has 0 bridgehead atoms. The SMILES string of the molecule is N#CC(N)CCN1CCC(C(N)=O)CC1. The molecule has 1 heterocycles. The Morgan fingerprint density at radius 2 is 2.13 bits per heavy atom. The van der Waals surface area contributed by atoms with Crippen LogP contribution in [0.1, 0.15) is 19.3 Å². The summed E-state index contributed by atoms with van der Waals surface area (Å²) in [5.41, 5.74) is 10.7. The Labute approximate surface area is 90.0 Å². The molecule has 84 valence electrons. The van der Waals surface area contributed by atoms with Crippen LogP contribution in [0.15, 0.2) is 0 Å². The van der Waals surface area contributed by atoms with E-state index >= 15 is 0 Å². The fourth-order valence-electron chi connectivity index (χ4n) is 1.83. The van der Waals surface area contributed by atoms with Crippen molar-refractivity contribution in [1.29, 1.82) is 5.26 Å². The van der Waals surface area contributed by atoms with E-state index < -0.39 is 0 Å². The maximum atomic E-state index is 10.9. The van der Waals surface area contributed by atoms with Gasteiger partial charge >= 0.3 is 0 Å². The Hall–Kier alpha value is -1.12. The minimum absolute atomic E-state index is 0.0332. The Bertz CT molecular complexity index is 253. The number of primary amides is 1. The largest absolute Gasteiger partial charge is 0.369 e. The lowest BCUT2D eigenvalue weighted by Gasteiger charge is -2.30. The normalized spacial score (nSPS) is 20.8. The number of hydrogen-bond donors (Lipinski definition) is 2. The van der Waals surface area contributed by atoms with E-state index in [-0.39, 0.29) is 17.9 Å². The van der Waals surface area contributed by atoms with Crippen molar-refractivity contribution in [3.8, 4) is 6.07 Å². The van der Waals surface area contributed by atoms with Crippen LogP contribution in [0.25, 0.3) is 0 Å². The van der Waals surface area contributed by atoms with Crippen LogP contribution in [0.4, 0.5) is 0 Å². The first-order valence-electron chi connectivity index (χ1n) is 5.30. The molecular formula is C10H18N4O. The van der Waals surface area contributed by atoms with Gasteiger partial charge in [0.1, 0.15) is 0 Å². The van der Waals surface area contributed by atoms with E-state index in [1.807, 2.05) is 6.07 Å². The Balaban J connectivity index is 2.21. The molecule has 0 aromatic heterocycles. The third-order valence-corrected chi connectivity index (χ3v) is 2.91. The lowest BCUT2D eigenvalue weighted by molar-refractivity contribution is -0.123. The van der Waals surface area contributed by atoms with Crippen molar-refractivity contribution >= 4 is 5.91 Å². The highest BCUT2D eigenvalue weighted by molar-refractivity contribution is 5.76. The Kier molecular flexibility index (Phi) is 4.53. The maximum absolute atomic E-state index is 10.9. The third kappa shape index (κ3) is 3.86. The molecule has 5 nitrogen and oxygen atoms in total. The number of rotatable bonds is 4. The van der Waals surface area contributed by atoms with Crippen molar-refractivity contribution in [2.45, 2.75) is 25.3 Å². The number of amides is 1. The highest BCUT2D eigenvalue weighted by Crippen LogP contribution is 2.16. The van der Waals surface area contributed by atoms with Gasteiger partial charge in [-0.05, 0) is 32.4 Å². The molecule has 4 N–H and O–H groups in total. The first-order valence-corrected chi connectivity index (χ1v) is 5.30. The van der Waals surface area contributed by atoms with E-state index in [1.54, 1.807) is 0 Å². The summed E-state index contributed by atoms with van der Waals surface area (Å²) in [6.45, 7) is 2.59. The average molecular weight is 210 g/mol. The fourth-order valence-corrected chi connectivity index (χ4v) is 1.83. The monoisotopic (exact) mass is 210 g/mol. The third-order valence-electron chi connectivity index (χ3n) is 2.91. The highest BCUT2D eigenvalue weighted by atomic mass is 16.1. The van der Waals surface area contributed by atoms with Crippen molar-refractivity contribution < 1.29 is 4.79 Å². The Morgan fingerprint density at radius 3 is 2.60 bits per heavy atom. The smallest absolute Gasteiger partial charge is 0.220 e. The summed E-state index contributed by atoms with van der Waals surface area (Å²) in [5, 5.41) is 8.52. The number of carbonyl (C=O) groups excluding carboxylic acids is 1. The van der Waals surface area contributed by atoms with E-state index in [4.69, 9.17) is 16.7 Å². The number of nitriles is 1. The van der Waals surface area contributed by atoms with Gasteiger partial charge in [-0.3, -0.25) is 4.79 Å². The molecular weight excluding hydrogens is 192 g/mol. The van der Waals surface area contributed by atoms with Gasteiger partial charge < -0.3 is 16.4 Å². The molecule has 0 aromatic rings. The second-order valence-electron chi connectivity index (χ2n) is 4.04. The number of carbonyl (C=O) groups is 1. The predicted octanol–water partition coefficient (Wildman–Crippen LogP) is -0.575. The maximum Gasteiger partial charge on any atom is 0.220 e. The molecule has 1 aliphatic rings. The van der Waals surface area contributed by atoms with Crippen LogP contribution in [-0.4, -0.2) is 36.5 Å². The number of piperidine rings is 1.